The number of aromatic nitrogens is 1. The normalized spacial score (nSPS) is 13.1. The van der Waals surface area contributed by atoms with Crippen LogP contribution in [0.1, 0.15) is 63.0 Å². The predicted molar refractivity (Wildman–Crippen MR) is 103 cm³/mol. The second-order valence-electron chi connectivity index (χ2n) is 7.25. The van der Waals surface area contributed by atoms with Gasteiger partial charge >= 0.3 is 12.1 Å². The molecule has 0 spiro atoms. The second-order valence-corrected chi connectivity index (χ2v) is 7.25. The molecule has 0 aromatic carbocycles. The van der Waals surface area contributed by atoms with Crippen molar-refractivity contribution in [2.75, 3.05) is 6.54 Å². The first-order valence-electron chi connectivity index (χ1n) is 8.93. The van der Waals surface area contributed by atoms with Crippen LogP contribution in [0.3, 0.4) is 0 Å². The Labute approximate surface area is 168 Å². The standard InChI is InChI=1S/C17H28N6O6/c1-9(21-16(27)29-17(2,3)4)13-23-11(8-28-13)12(24)22-10(14(25)26)6-5-7-20-15(18)19/h8-10H,5-7H2,1-4H3,(H,21,27)(H,22,24)(H,25,26)(H4,18,19,20)/t9-,10-/m0/s1. The summed E-state index contributed by atoms with van der Waals surface area (Å²) in [6, 6.07) is -1.81. The number of nitrogens with one attached hydrogen (secondary N) is 2. The molecule has 0 fully saturated rings. The molecule has 0 radical (unpaired) electrons. The van der Waals surface area contributed by atoms with Gasteiger partial charge in [-0.1, -0.05) is 0 Å². The third-order valence-corrected chi connectivity index (χ3v) is 3.41. The van der Waals surface area contributed by atoms with Crippen molar-refractivity contribution in [1.82, 2.24) is 15.6 Å². The summed E-state index contributed by atoms with van der Waals surface area (Å²) >= 11 is 0. The minimum absolute atomic E-state index is 0.0700. The van der Waals surface area contributed by atoms with Crippen molar-refractivity contribution in [3.63, 3.8) is 0 Å². The number of nitrogens with two attached hydrogens (primary N) is 2. The van der Waals surface area contributed by atoms with Crippen LogP contribution in [0.25, 0.3) is 0 Å². The van der Waals surface area contributed by atoms with Crippen molar-refractivity contribution in [1.29, 1.82) is 0 Å². The lowest BCUT2D eigenvalue weighted by Crippen LogP contribution is -2.41. The molecule has 1 rings (SSSR count). The molecule has 0 unspecified atom stereocenters. The van der Waals surface area contributed by atoms with Crippen LogP contribution in [0, 0.1) is 0 Å². The summed E-state index contributed by atoms with van der Waals surface area (Å²) < 4.78 is 10.3. The molecule has 1 aromatic heterocycles. The van der Waals surface area contributed by atoms with Crippen LogP contribution >= 0.6 is 0 Å². The van der Waals surface area contributed by atoms with Gasteiger partial charge in [-0.05, 0) is 40.5 Å². The summed E-state index contributed by atoms with van der Waals surface area (Å²) in [5.41, 5.74) is 9.62. The van der Waals surface area contributed by atoms with Crippen LogP contribution in [0.4, 0.5) is 4.79 Å². The van der Waals surface area contributed by atoms with E-state index < -0.39 is 35.7 Å². The fourth-order valence-electron chi connectivity index (χ4n) is 2.13. The number of nitrogens with zero attached hydrogens (tertiary/aromatic N) is 2. The Morgan fingerprint density at radius 3 is 2.52 bits per heavy atom. The zero-order valence-corrected chi connectivity index (χ0v) is 16.9. The Hall–Kier alpha value is -3.31. The van der Waals surface area contributed by atoms with E-state index in [1.807, 2.05) is 0 Å². The van der Waals surface area contributed by atoms with E-state index >= 15 is 0 Å². The van der Waals surface area contributed by atoms with E-state index in [1.54, 1.807) is 27.7 Å². The lowest BCUT2D eigenvalue weighted by atomic mass is 10.1. The number of rotatable bonds is 9. The highest BCUT2D eigenvalue weighted by atomic mass is 16.6. The van der Waals surface area contributed by atoms with Gasteiger partial charge in [0, 0.05) is 6.54 Å². The number of aliphatic carboxylic acids is 1. The molecular weight excluding hydrogens is 384 g/mol. The van der Waals surface area contributed by atoms with Crippen LogP contribution in [-0.4, -0.2) is 52.2 Å². The van der Waals surface area contributed by atoms with E-state index in [2.05, 4.69) is 20.6 Å². The van der Waals surface area contributed by atoms with E-state index in [9.17, 15) is 19.5 Å². The van der Waals surface area contributed by atoms with Crippen LogP contribution in [0.15, 0.2) is 15.7 Å². The van der Waals surface area contributed by atoms with E-state index in [-0.39, 0.29) is 30.5 Å². The highest BCUT2D eigenvalue weighted by Gasteiger charge is 2.24. The van der Waals surface area contributed by atoms with Crippen LogP contribution in [0.5, 0.6) is 0 Å². The van der Waals surface area contributed by atoms with Crippen molar-refractivity contribution in [3.05, 3.63) is 17.8 Å². The third-order valence-electron chi connectivity index (χ3n) is 3.41. The van der Waals surface area contributed by atoms with Gasteiger partial charge in [-0.2, -0.15) is 0 Å². The van der Waals surface area contributed by atoms with Gasteiger partial charge in [0.1, 0.15) is 23.9 Å². The largest absolute Gasteiger partial charge is 0.480 e. The van der Waals surface area contributed by atoms with Crippen molar-refractivity contribution in [2.45, 2.75) is 58.2 Å². The molecule has 2 atom stereocenters. The zero-order chi connectivity index (χ0) is 22.2. The molecule has 0 bridgehead atoms. The Morgan fingerprint density at radius 2 is 1.97 bits per heavy atom. The fourth-order valence-corrected chi connectivity index (χ4v) is 2.13. The van der Waals surface area contributed by atoms with Crippen molar-refractivity contribution in [3.8, 4) is 0 Å². The molecule has 12 nitrogen and oxygen atoms in total. The van der Waals surface area contributed by atoms with Crippen LogP contribution in [0.2, 0.25) is 0 Å². The molecule has 2 amide bonds. The molecule has 162 valence electrons. The fraction of sp³-hybridized carbons (Fsp3) is 0.588. The average Bonchev–Trinajstić information content (AvgIpc) is 3.05. The highest BCUT2D eigenvalue weighted by Crippen LogP contribution is 2.14. The van der Waals surface area contributed by atoms with Gasteiger partial charge in [-0.15, -0.1) is 0 Å². The number of oxazole rings is 1. The van der Waals surface area contributed by atoms with Gasteiger partial charge in [0.15, 0.2) is 11.7 Å². The second kappa shape index (κ2) is 10.3. The van der Waals surface area contributed by atoms with E-state index in [0.29, 0.717) is 6.42 Å². The van der Waals surface area contributed by atoms with Gasteiger partial charge in [0.25, 0.3) is 5.91 Å². The smallest absolute Gasteiger partial charge is 0.408 e. The highest BCUT2D eigenvalue weighted by molar-refractivity contribution is 5.94. The third kappa shape index (κ3) is 8.95. The zero-order valence-electron chi connectivity index (χ0n) is 16.9. The number of carboxylic acids is 1. The molecule has 0 aliphatic heterocycles. The van der Waals surface area contributed by atoms with Crippen molar-refractivity contribution < 1.29 is 28.6 Å². The monoisotopic (exact) mass is 412 g/mol. The van der Waals surface area contributed by atoms with E-state index in [1.165, 1.54) is 0 Å². The lowest BCUT2D eigenvalue weighted by molar-refractivity contribution is -0.139. The minimum atomic E-state index is -1.20. The number of aliphatic imine (C=N–C) groups is 1. The number of carboxylic acid groups (broad SMARTS) is 1. The molecule has 0 saturated carbocycles. The maximum atomic E-state index is 12.3. The van der Waals surface area contributed by atoms with Gasteiger partial charge in [0.05, 0.1) is 0 Å². The molecule has 1 heterocycles. The number of carbonyl (C=O) groups excluding carboxylic acids is 2. The summed E-state index contributed by atoms with van der Waals surface area (Å²) in [6.45, 7) is 7.01. The summed E-state index contributed by atoms with van der Waals surface area (Å²) in [5.74, 6) is -1.95. The Kier molecular flexibility index (Phi) is 8.42. The molecule has 1 aromatic rings. The summed E-state index contributed by atoms with van der Waals surface area (Å²) in [6.07, 6.45) is 0.895. The van der Waals surface area contributed by atoms with Crippen LogP contribution < -0.4 is 22.1 Å². The van der Waals surface area contributed by atoms with Crippen molar-refractivity contribution >= 4 is 23.9 Å². The number of hydrogen-bond donors (Lipinski definition) is 5. The number of ether oxygens (including phenoxy) is 1. The number of hydrogen-bond acceptors (Lipinski definition) is 7. The quantitative estimate of drug-likeness (QED) is 0.218. The van der Waals surface area contributed by atoms with Gasteiger partial charge in [0.2, 0.25) is 5.89 Å². The first kappa shape index (κ1) is 23.7. The molecular formula is C17H28N6O6. The summed E-state index contributed by atoms with van der Waals surface area (Å²) in [7, 11) is 0. The summed E-state index contributed by atoms with van der Waals surface area (Å²) in [5, 5.41) is 14.2. The van der Waals surface area contributed by atoms with E-state index in [4.69, 9.17) is 20.6 Å². The number of amides is 2. The molecule has 29 heavy (non-hydrogen) atoms. The Morgan fingerprint density at radius 1 is 1.31 bits per heavy atom. The Balaban J connectivity index is 2.66. The summed E-state index contributed by atoms with van der Waals surface area (Å²) in [4.78, 5) is 43.2. The minimum Gasteiger partial charge on any atom is -0.480 e. The number of carbonyl (C=O) groups is 3. The number of guanidine groups is 1. The van der Waals surface area contributed by atoms with Gasteiger partial charge < -0.3 is 36.4 Å². The first-order chi connectivity index (χ1) is 13.4. The van der Waals surface area contributed by atoms with Gasteiger partial charge in [-0.3, -0.25) is 9.79 Å². The first-order valence-corrected chi connectivity index (χ1v) is 8.93. The Bertz CT molecular complexity index is 750. The van der Waals surface area contributed by atoms with E-state index in [0.717, 1.165) is 6.26 Å². The topological polar surface area (TPSA) is 195 Å². The van der Waals surface area contributed by atoms with Gasteiger partial charge in [-0.25, -0.2) is 14.6 Å². The lowest BCUT2D eigenvalue weighted by Gasteiger charge is -2.20. The maximum absolute atomic E-state index is 12.3. The molecule has 12 heteroatoms. The molecule has 0 saturated heterocycles. The molecule has 0 aliphatic carbocycles. The predicted octanol–water partition coefficient (Wildman–Crippen LogP) is 0.497. The molecule has 7 N–H and O–H groups in total. The average molecular weight is 412 g/mol. The number of alkyl carbamates (subject to hydrolysis) is 1. The van der Waals surface area contributed by atoms with Crippen molar-refractivity contribution in [2.24, 2.45) is 16.5 Å². The van der Waals surface area contributed by atoms with Crippen LogP contribution in [-0.2, 0) is 9.53 Å². The SMILES string of the molecule is C[C@H](NC(=O)OC(C)(C)C)c1nc(C(=O)N[C@@H](CCCN=C(N)N)C(=O)O)co1. The maximum Gasteiger partial charge on any atom is 0.408 e. The molecule has 0 aliphatic rings.